The van der Waals surface area contributed by atoms with Gasteiger partial charge in [-0.1, -0.05) is 74.5 Å². The van der Waals surface area contributed by atoms with Crippen LogP contribution in [0.5, 0.6) is 0 Å². The molecule has 2 atom stereocenters. The van der Waals surface area contributed by atoms with E-state index in [2.05, 4.69) is 0 Å². The van der Waals surface area contributed by atoms with E-state index in [1.807, 2.05) is 60.7 Å². The molecule has 2 aromatic rings. The number of rotatable bonds is 9. The summed E-state index contributed by atoms with van der Waals surface area (Å²) in [6.07, 6.45) is -1.56. The number of esters is 2. The normalized spacial score (nSPS) is 13.0. The lowest BCUT2D eigenvalue weighted by Gasteiger charge is -2.31. The highest BCUT2D eigenvalue weighted by Gasteiger charge is 2.36. The summed E-state index contributed by atoms with van der Waals surface area (Å²) >= 11 is 0. The standard InChI is InChI=1S/C27H35NO6/c1-19(2)23(25(30)32-18-21-15-11-8-12-16-21)33-24(29)22(17-20-13-9-7-10-14-20)28(6)26(31)34-27(3,4)5/h7-16,19,22-23H,17-18H2,1-6H3/t22-,23?/m0/s1. The van der Waals surface area contributed by atoms with Crippen LogP contribution in [0, 0.1) is 5.92 Å². The zero-order valence-corrected chi connectivity index (χ0v) is 20.8. The molecule has 7 nitrogen and oxygen atoms in total. The average molecular weight is 470 g/mol. The number of hydrogen-bond donors (Lipinski definition) is 0. The third-order valence-electron chi connectivity index (χ3n) is 5.00. The van der Waals surface area contributed by atoms with Gasteiger partial charge in [0.2, 0.25) is 6.10 Å². The number of benzene rings is 2. The molecule has 34 heavy (non-hydrogen) atoms. The first-order valence-corrected chi connectivity index (χ1v) is 11.4. The van der Waals surface area contributed by atoms with Crippen molar-refractivity contribution in [3.05, 3.63) is 71.8 Å². The van der Waals surface area contributed by atoms with Crippen molar-refractivity contribution >= 4 is 18.0 Å². The van der Waals surface area contributed by atoms with E-state index >= 15 is 0 Å². The minimum atomic E-state index is -1.11. The third kappa shape index (κ3) is 8.54. The lowest BCUT2D eigenvalue weighted by molar-refractivity contribution is -0.174. The van der Waals surface area contributed by atoms with Gasteiger partial charge in [-0.25, -0.2) is 14.4 Å². The van der Waals surface area contributed by atoms with Gasteiger partial charge in [0.25, 0.3) is 0 Å². The topological polar surface area (TPSA) is 82.1 Å². The Bertz CT molecular complexity index is 937. The van der Waals surface area contributed by atoms with Crippen LogP contribution in [0.1, 0.15) is 45.7 Å². The SMILES string of the molecule is CC(C)C(OC(=O)[C@H](Cc1ccccc1)N(C)C(=O)OC(C)(C)C)C(=O)OCc1ccccc1. The molecule has 0 aliphatic rings. The van der Waals surface area contributed by atoms with Crippen LogP contribution in [0.4, 0.5) is 4.79 Å². The lowest BCUT2D eigenvalue weighted by atomic mass is 10.0. The second-order valence-electron chi connectivity index (χ2n) is 9.49. The number of ether oxygens (including phenoxy) is 3. The van der Waals surface area contributed by atoms with Gasteiger partial charge >= 0.3 is 18.0 Å². The van der Waals surface area contributed by atoms with E-state index < -0.39 is 35.8 Å². The largest absolute Gasteiger partial charge is 0.458 e. The fourth-order valence-corrected chi connectivity index (χ4v) is 3.15. The van der Waals surface area contributed by atoms with Crippen LogP contribution < -0.4 is 0 Å². The zero-order valence-electron chi connectivity index (χ0n) is 20.8. The van der Waals surface area contributed by atoms with E-state index in [-0.39, 0.29) is 18.9 Å². The average Bonchev–Trinajstić information content (AvgIpc) is 2.78. The molecular weight excluding hydrogens is 434 g/mol. The molecule has 0 spiro atoms. The van der Waals surface area contributed by atoms with Gasteiger partial charge in [0, 0.05) is 19.4 Å². The van der Waals surface area contributed by atoms with E-state index in [1.165, 1.54) is 11.9 Å². The van der Waals surface area contributed by atoms with Gasteiger partial charge in [0.1, 0.15) is 18.2 Å². The smallest absolute Gasteiger partial charge is 0.410 e. The first kappa shape index (κ1) is 26.9. The lowest BCUT2D eigenvalue weighted by Crippen LogP contribution is -2.48. The van der Waals surface area contributed by atoms with E-state index in [1.54, 1.807) is 34.6 Å². The fourth-order valence-electron chi connectivity index (χ4n) is 3.15. The van der Waals surface area contributed by atoms with Gasteiger partial charge in [-0.05, 0) is 31.9 Å². The Morgan fingerprint density at radius 2 is 1.38 bits per heavy atom. The van der Waals surface area contributed by atoms with Crippen LogP contribution in [-0.2, 0) is 36.8 Å². The van der Waals surface area contributed by atoms with Crippen molar-refractivity contribution in [2.45, 2.75) is 65.4 Å². The molecule has 1 unspecified atom stereocenters. The Kier molecular flexibility index (Phi) is 9.66. The first-order valence-electron chi connectivity index (χ1n) is 11.4. The van der Waals surface area contributed by atoms with Crippen LogP contribution in [0.2, 0.25) is 0 Å². The van der Waals surface area contributed by atoms with Gasteiger partial charge in [-0.3, -0.25) is 4.90 Å². The summed E-state index contributed by atoms with van der Waals surface area (Å²) in [4.78, 5) is 40.0. The number of hydrogen-bond acceptors (Lipinski definition) is 6. The molecule has 0 saturated carbocycles. The minimum Gasteiger partial charge on any atom is -0.458 e. The number of amides is 1. The van der Waals surface area contributed by atoms with Gasteiger partial charge in [0.15, 0.2) is 0 Å². The molecule has 1 amide bonds. The maximum absolute atomic E-state index is 13.3. The molecule has 0 heterocycles. The summed E-state index contributed by atoms with van der Waals surface area (Å²) in [6, 6.07) is 17.6. The van der Waals surface area contributed by atoms with Crippen molar-refractivity contribution in [2.75, 3.05) is 7.05 Å². The molecule has 0 aromatic heterocycles. The van der Waals surface area contributed by atoms with Crippen molar-refractivity contribution in [3.63, 3.8) is 0 Å². The van der Waals surface area contributed by atoms with Gasteiger partial charge in [0.05, 0.1) is 0 Å². The zero-order chi connectivity index (χ0) is 25.3. The molecule has 0 aliphatic carbocycles. The quantitative estimate of drug-likeness (QED) is 0.388. The molecule has 2 aromatic carbocycles. The summed E-state index contributed by atoms with van der Waals surface area (Å²) < 4.78 is 16.5. The van der Waals surface area contributed by atoms with Crippen LogP contribution in [0.25, 0.3) is 0 Å². The first-order chi connectivity index (χ1) is 16.0. The van der Waals surface area contributed by atoms with Gasteiger partial charge in [-0.15, -0.1) is 0 Å². The monoisotopic (exact) mass is 469 g/mol. The second-order valence-corrected chi connectivity index (χ2v) is 9.49. The summed E-state index contributed by atoms with van der Waals surface area (Å²) in [5.41, 5.74) is 0.942. The van der Waals surface area contributed by atoms with E-state index in [0.29, 0.717) is 0 Å². The number of carbonyl (C=O) groups is 3. The molecule has 0 aliphatic heterocycles. The Balaban J connectivity index is 2.17. The van der Waals surface area contributed by atoms with Crippen molar-refractivity contribution in [3.8, 4) is 0 Å². The molecule has 0 fully saturated rings. The van der Waals surface area contributed by atoms with Crippen LogP contribution in [-0.4, -0.2) is 47.7 Å². The Morgan fingerprint density at radius 3 is 1.88 bits per heavy atom. The number of nitrogens with zero attached hydrogens (tertiary/aromatic N) is 1. The molecule has 0 N–H and O–H groups in total. The van der Waals surface area contributed by atoms with Crippen LogP contribution in [0.3, 0.4) is 0 Å². The molecule has 0 saturated heterocycles. The molecule has 0 radical (unpaired) electrons. The highest BCUT2D eigenvalue weighted by Crippen LogP contribution is 2.18. The fraction of sp³-hybridized carbons (Fsp3) is 0.444. The van der Waals surface area contributed by atoms with Crippen molar-refractivity contribution in [2.24, 2.45) is 5.92 Å². The predicted octanol–water partition coefficient (Wildman–Crippen LogP) is 4.78. The predicted molar refractivity (Wildman–Crippen MR) is 129 cm³/mol. The Hall–Kier alpha value is -3.35. The third-order valence-corrected chi connectivity index (χ3v) is 5.00. The molecule has 0 bridgehead atoms. The number of likely N-dealkylation sites (N-methyl/N-ethyl adjacent to an activating group) is 1. The summed E-state index contributed by atoms with van der Waals surface area (Å²) in [5, 5.41) is 0. The van der Waals surface area contributed by atoms with Gasteiger partial charge < -0.3 is 14.2 Å². The minimum absolute atomic E-state index is 0.0751. The molecule has 2 rings (SSSR count). The van der Waals surface area contributed by atoms with Crippen molar-refractivity contribution < 1.29 is 28.6 Å². The molecule has 7 heteroatoms. The van der Waals surface area contributed by atoms with Crippen molar-refractivity contribution in [1.82, 2.24) is 4.90 Å². The molecular formula is C27H35NO6. The highest BCUT2D eigenvalue weighted by molar-refractivity contribution is 5.85. The maximum atomic E-state index is 13.3. The van der Waals surface area contributed by atoms with Gasteiger partial charge in [-0.2, -0.15) is 0 Å². The van der Waals surface area contributed by atoms with E-state index in [0.717, 1.165) is 11.1 Å². The highest BCUT2D eigenvalue weighted by atomic mass is 16.6. The second kappa shape index (κ2) is 12.2. The van der Waals surface area contributed by atoms with Crippen LogP contribution >= 0.6 is 0 Å². The maximum Gasteiger partial charge on any atom is 0.410 e. The van der Waals surface area contributed by atoms with Crippen LogP contribution in [0.15, 0.2) is 60.7 Å². The Labute approximate surface area is 202 Å². The molecule has 184 valence electrons. The van der Waals surface area contributed by atoms with Crippen molar-refractivity contribution in [1.29, 1.82) is 0 Å². The number of carbonyl (C=O) groups excluding carboxylic acids is 3. The summed E-state index contributed by atoms with van der Waals surface area (Å²) in [6.45, 7) is 8.87. The van der Waals surface area contributed by atoms with E-state index in [9.17, 15) is 14.4 Å². The Morgan fingerprint density at radius 1 is 0.853 bits per heavy atom. The van der Waals surface area contributed by atoms with E-state index in [4.69, 9.17) is 14.2 Å². The summed E-state index contributed by atoms with van der Waals surface area (Å²) in [7, 11) is 1.49. The summed E-state index contributed by atoms with van der Waals surface area (Å²) in [5.74, 6) is -1.66.